The van der Waals surface area contributed by atoms with E-state index in [1.54, 1.807) is 41.5 Å². The highest BCUT2D eigenvalue weighted by Crippen LogP contribution is 2.29. The topological polar surface area (TPSA) is 462 Å². The Morgan fingerprint density at radius 2 is 0.635 bits per heavy atom. The first kappa shape index (κ1) is 87.0. The van der Waals surface area contributed by atoms with Gasteiger partial charge in [-0.3, -0.25) is 28.8 Å². The molecule has 25 atom stereocenters. The van der Waals surface area contributed by atoms with Crippen LogP contribution in [0.1, 0.15) is 110 Å². The van der Waals surface area contributed by atoms with Crippen molar-refractivity contribution < 1.29 is 145 Å². The Labute approximate surface area is 521 Å². The molecule has 504 valence electrons. The van der Waals surface area contributed by atoms with Crippen LogP contribution in [-0.4, -0.2) is 256 Å². The molecule has 5 saturated heterocycles. The van der Waals surface area contributed by atoms with Gasteiger partial charge in [0.1, 0.15) is 36.5 Å². The number of carboxylic acids is 1. The highest BCUT2D eigenvalue weighted by Gasteiger charge is 2.45. The second kappa shape index (κ2) is 44.3. The minimum absolute atomic E-state index is 0. The molecule has 31 heteroatoms. The molecule has 0 unspecified atom stereocenters. The summed E-state index contributed by atoms with van der Waals surface area (Å²) in [5.41, 5.74) is 7.64. The molecule has 5 heterocycles. The number of aliphatic hydroxyl groups excluding tert-OH is 10. The second-order valence-corrected chi connectivity index (χ2v) is 24.6. The average molecular weight is 1310 g/mol. The number of nitrogens with one attached hydrogen (secondary N) is 3. The number of rotatable bonds is 14. The predicted molar refractivity (Wildman–Crippen MR) is 307 cm³/mol. The van der Waals surface area contributed by atoms with E-state index in [0.717, 1.165) is 23.5 Å². The molecule has 27 nitrogen and oxygen atoms in total. The molecule has 0 aromatic carbocycles. The summed E-state index contributed by atoms with van der Waals surface area (Å²) < 4.78 is 27.5. The van der Waals surface area contributed by atoms with Gasteiger partial charge in [-0.15, -0.1) is 0 Å². The zero-order valence-electron chi connectivity index (χ0n) is 51.7. The third-order valence-electron chi connectivity index (χ3n) is 15.5. The van der Waals surface area contributed by atoms with Crippen molar-refractivity contribution in [1.82, 2.24) is 16.0 Å². The first-order chi connectivity index (χ1) is 38.6. The number of hydrogen-bond acceptors (Lipinski definition) is 23. The van der Waals surface area contributed by atoms with Gasteiger partial charge < -0.3 is 132 Å². The lowest BCUT2D eigenvalue weighted by Gasteiger charge is -2.42. The van der Waals surface area contributed by atoms with Crippen LogP contribution in [0, 0.1) is 29.6 Å². The van der Waals surface area contributed by atoms with Gasteiger partial charge in [0, 0.05) is 75.2 Å². The fraction of sp³-hybridized carbons (Fsp3) is 0.889. The summed E-state index contributed by atoms with van der Waals surface area (Å²) in [5, 5.41) is 111. The molecule has 3 amide bonds. The summed E-state index contributed by atoms with van der Waals surface area (Å²) in [7, 11) is 0. The van der Waals surface area contributed by atoms with E-state index < -0.39 is 60.7 Å². The third-order valence-corrected chi connectivity index (χ3v) is 17.1. The number of carbonyl (C=O) groups is 6. The quantitative estimate of drug-likeness (QED) is 0.0768. The lowest BCUT2D eigenvalue weighted by atomic mass is 9.87. The van der Waals surface area contributed by atoms with Crippen LogP contribution in [0.2, 0.25) is 0 Å². The first-order valence-corrected chi connectivity index (χ1v) is 30.3. The molecule has 5 fully saturated rings. The number of quaternary nitrogens is 2. The van der Waals surface area contributed by atoms with Gasteiger partial charge in [-0.05, 0) is 34.6 Å². The van der Waals surface area contributed by atoms with E-state index in [2.05, 4.69) is 27.4 Å². The Hall–Kier alpha value is -2.18. The minimum atomic E-state index is -0.858. The van der Waals surface area contributed by atoms with Crippen LogP contribution in [0.4, 0.5) is 0 Å². The van der Waals surface area contributed by atoms with Gasteiger partial charge in [0.15, 0.2) is 10.2 Å². The number of amides is 3. The average Bonchev–Trinajstić information content (AvgIpc) is 3.62. The lowest BCUT2D eigenvalue weighted by molar-refractivity contribution is -0.473. The molecule has 0 radical (unpaired) electrons. The van der Waals surface area contributed by atoms with Crippen molar-refractivity contribution in [2.45, 2.75) is 232 Å². The van der Waals surface area contributed by atoms with E-state index in [0.29, 0.717) is 11.5 Å². The largest absolute Gasteiger partial charge is 1.00 e. The molecule has 0 saturated carbocycles. The Bertz CT molecular complexity index is 1820. The Morgan fingerprint density at radius 1 is 0.400 bits per heavy atom. The van der Waals surface area contributed by atoms with Crippen LogP contribution in [0.25, 0.3) is 0 Å². The fourth-order valence-electron chi connectivity index (χ4n) is 9.65. The summed E-state index contributed by atoms with van der Waals surface area (Å²) in [6.07, 6.45) is -5.52. The maximum atomic E-state index is 11.8. The maximum absolute atomic E-state index is 11.8. The number of halogens is 2. The zero-order chi connectivity index (χ0) is 64.3. The molecule has 0 bridgehead atoms. The predicted octanol–water partition coefficient (Wildman–Crippen LogP) is -10.1. The van der Waals surface area contributed by atoms with Crippen molar-refractivity contribution >= 4 is 57.4 Å². The SMILES string of the molecule is CC(=O)N[C@H]1[C@@H](O)[C@H](C)[C@@H](CO)O[C@H]1C.CC(=O)N[C@H]1[C@@H](O)[C@H](C)[C@@H](CO)O[C@H]1C.CC(=O)SCCC(=O)N[C@H]1[C@@H](O)[C@H](C)[C@@H](CO)O[C@H]1C.CC(=O)SCCC(=O)O.C[C@H]1[C@H](O)[C@H]([NH3+])[C@H](C)O[C@@H]1CO.C[C@H]1[C@H](O)[C@H]([NH3+])[C@H](C)O[C@@H]1CO.[Cl-].[Cl-]. The van der Waals surface area contributed by atoms with Crippen LogP contribution in [0.3, 0.4) is 0 Å². The summed E-state index contributed by atoms with van der Waals surface area (Å²) in [6.45, 7) is 23.4. The Kier molecular flexibility index (Phi) is 45.4. The van der Waals surface area contributed by atoms with E-state index in [1.165, 1.54) is 27.7 Å². The molecule has 5 aliphatic heterocycles. The summed E-state index contributed by atoms with van der Waals surface area (Å²) in [6, 6.07) is -1.49. The van der Waals surface area contributed by atoms with E-state index in [-0.39, 0.29) is 195 Å². The Morgan fingerprint density at radius 3 is 0.871 bits per heavy atom. The maximum Gasteiger partial charge on any atom is 0.304 e. The molecule has 0 aromatic rings. The van der Waals surface area contributed by atoms with E-state index in [9.17, 15) is 59.4 Å². The fourth-order valence-corrected chi connectivity index (χ4v) is 10.8. The molecule has 85 heavy (non-hydrogen) atoms. The van der Waals surface area contributed by atoms with Crippen molar-refractivity contribution in [3.8, 4) is 0 Å². The van der Waals surface area contributed by atoms with Crippen LogP contribution in [0.15, 0.2) is 0 Å². The number of ether oxygens (including phenoxy) is 5. The van der Waals surface area contributed by atoms with Gasteiger partial charge >= 0.3 is 5.97 Å². The number of hydrogen-bond donors (Lipinski definition) is 16. The molecule has 0 spiro atoms. The third kappa shape index (κ3) is 30.0. The van der Waals surface area contributed by atoms with Gasteiger partial charge in [-0.25, -0.2) is 0 Å². The highest BCUT2D eigenvalue weighted by molar-refractivity contribution is 8.13. The molecule has 0 aliphatic carbocycles. The smallest absolute Gasteiger partial charge is 0.304 e. The van der Waals surface area contributed by atoms with Crippen molar-refractivity contribution in [3.63, 3.8) is 0 Å². The van der Waals surface area contributed by atoms with Gasteiger partial charge in [0.25, 0.3) is 0 Å². The number of aliphatic hydroxyl groups is 10. The molecule has 5 rings (SSSR count). The van der Waals surface area contributed by atoms with E-state index in [1.807, 2.05) is 27.7 Å². The molecular formula is C54H105Cl2N5O22S2. The normalized spacial score (nSPS) is 37.4. The van der Waals surface area contributed by atoms with Crippen LogP contribution in [-0.2, 0) is 52.5 Å². The number of carbonyl (C=O) groups excluding carboxylic acids is 5. The van der Waals surface area contributed by atoms with E-state index >= 15 is 0 Å². The van der Waals surface area contributed by atoms with Crippen molar-refractivity contribution in [1.29, 1.82) is 0 Å². The van der Waals surface area contributed by atoms with Gasteiger partial charge in [0.05, 0.1) is 125 Å². The van der Waals surface area contributed by atoms with Crippen molar-refractivity contribution in [2.75, 3.05) is 44.5 Å². The molecule has 5 aliphatic rings. The zero-order valence-corrected chi connectivity index (χ0v) is 54.8. The number of thioether (sulfide) groups is 2. The summed E-state index contributed by atoms with van der Waals surface area (Å²) in [4.78, 5) is 64.5. The van der Waals surface area contributed by atoms with Crippen LogP contribution >= 0.6 is 23.5 Å². The second-order valence-electron chi connectivity index (χ2n) is 22.0. The minimum Gasteiger partial charge on any atom is -1.00 e. The monoisotopic (exact) mass is 1310 g/mol. The first-order valence-electron chi connectivity index (χ1n) is 28.3. The van der Waals surface area contributed by atoms with Crippen molar-refractivity contribution in [2.24, 2.45) is 29.6 Å². The van der Waals surface area contributed by atoms with Crippen LogP contribution in [0.5, 0.6) is 0 Å². The standard InChI is InChI=1S/C13H23NO5S.2C10H19NO4.2C8H17NO3.C5H8O3S.2ClH/c1-7-10(6-15)19-8(2)12(13(7)18)14-11(17)4-5-20-9(3)16;2*1-5-8(4-12)15-6(2)9(10(5)14)11-7(3)13;2*1-4-6(3-10)12-5(2)7(9)8(4)11;1-4(6)9-3-2-5(7)8;;/h7-8,10,12-13,15,18H,4-6H2,1-3H3,(H,14,17);2*5-6,8-10,12,14H,4H2,1-3H3,(H,11,13);2*4-8,10-11H,3,9H2,1-2H3;2-3H2,1H3,(H,7,8);2*1H/t7-,8+,10-,12-,13+;2*5-,6+,8-,9-,10+;2*4-,5+,6-,7-,8+;;;/m11111.../s1. The highest BCUT2D eigenvalue weighted by atomic mass is 35.5. The Balaban J connectivity index is -0.000000960. The van der Waals surface area contributed by atoms with Gasteiger partial charge in [0.2, 0.25) is 17.7 Å². The van der Waals surface area contributed by atoms with Crippen LogP contribution < -0.4 is 52.2 Å². The van der Waals surface area contributed by atoms with E-state index in [4.69, 9.17) is 49.2 Å². The molecule has 20 N–H and O–H groups in total. The van der Waals surface area contributed by atoms with Crippen molar-refractivity contribution in [3.05, 3.63) is 0 Å². The van der Waals surface area contributed by atoms with Gasteiger partial charge in [-0.1, -0.05) is 58.1 Å². The molecule has 0 aromatic heterocycles. The summed E-state index contributed by atoms with van der Waals surface area (Å²) in [5.74, 6) is -1.36. The number of aliphatic carboxylic acids is 1. The lowest BCUT2D eigenvalue weighted by Crippen LogP contribution is -3.00. The summed E-state index contributed by atoms with van der Waals surface area (Å²) >= 11 is 2.14. The van der Waals surface area contributed by atoms with Gasteiger partial charge in [-0.2, -0.15) is 0 Å². The molecular weight excluding hydrogens is 1210 g/mol. The number of carboxylic acid groups (broad SMARTS) is 1.